The van der Waals surface area contributed by atoms with Gasteiger partial charge in [0.1, 0.15) is 0 Å². The molecule has 1 heterocycles. The number of sulfonamides is 1. The average molecular weight is 411 g/mol. The molecule has 1 aliphatic heterocycles. The highest BCUT2D eigenvalue weighted by Gasteiger charge is 2.29. The third-order valence-corrected chi connectivity index (χ3v) is 6.54. The maximum atomic E-state index is 12.4. The van der Waals surface area contributed by atoms with Gasteiger partial charge in [-0.3, -0.25) is 4.79 Å². The molecule has 8 nitrogen and oxygen atoms in total. The summed E-state index contributed by atoms with van der Waals surface area (Å²) in [6.07, 6.45) is 1.33. The number of benzene rings is 1. The quantitative estimate of drug-likeness (QED) is 0.709. The molecule has 0 aliphatic carbocycles. The highest BCUT2D eigenvalue weighted by molar-refractivity contribution is 7.89. The van der Waals surface area contributed by atoms with E-state index >= 15 is 0 Å². The van der Waals surface area contributed by atoms with Crippen LogP contribution in [0.25, 0.3) is 0 Å². The van der Waals surface area contributed by atoms with Gasteiger partial charge in [-0.15, -0.1) is 0 Å². The van der Waals surface area contributed by atoms with Crippen molar-refractivity contribution in [3.63, 3.8) is 0 Å². The summed E-state index contributed by atoms with van der Waals surface area (Å²) in [6, 6.07) is 6.27. The number of hydrogen-bond donors (Lipinski definition) is 2. The van der Waals surface area contributed by atoms with Gasteiger partial charge in [0.15, 0.2) is 0 Å². The summed E-state index contributed by atoms with van der Waals surface area (Å²) in [7, 11) is -2.16. The molecular formula is C19H30N4O4S. The molecule has 1 aromatic rings. The van der Waals surface area contributed by atoms with Crippen LogP contribution >= 0.6 is 0 Å². The lowest BCUT2D eigenvalue weighted by Gasteiger charge is -2.33. The van der Waals surface area contributed by atoms with Gasteiger partial charge in [-0.2, -0.15) is 0 Å². The van der Waals surface area contributed by atoms with E-state index in [0.29, 0.717) is 44.6 Å². The summed E-state index contributed by atoms with van der Waals surface area (Å²) in [5, 5.41) is 2.83. The van der Waals surface area contributed by atoms with Crippen LogP contribution in [0.3, 0.4) is 0 Å². The Balaban J connectivity index is 1.87. The molecule has 156 valence electrons. The Hall–Kier alpha value is -2.13. The molecule has 2 N–H and O–H groups in total. The fourth-order valence-corrected chi connectivity index (χ4v) is 4.15. The first-order valence-corrected chi connectivity index (χ1v) is 11.1. The van der Waals surface area contributed by atoms with E-state index in [2.05, 4.69) is 10.0 Å². The maximum absolute atomic E-state index is 12.4. The third kappa shape index (κ3) is 5.45. The first kappa shape index (κ1) is 22.2. The summed E-state index contributed by atoms with van der Waals surface area (Å²) < 4.78 is 26.0. The zero-order valence-corrected chi connectivity index (χ0v) is 17.6. The van der Waals surface area contributed by atoms with Crippen LogP contribution in [0.15, 0.2) is 29.2 Å². The van der Waals surface area contributed by atoms with Gasteiger partial charge in [0.05, 0.1) is 4.90 Å². The SMILES string of the molecule is CCN(CC)C(=O)C1CCN(C(=O)NCc2cccc(S(=O)(=O)NC)c2)CC1. The van der Waals surface area contributed by atoms with Crippen LogP contribution in [0, 0.1) is 5.92 Å². The Morgan fingerprint density at radius 1 is 1.18 bits per heavy atom. The standard InChI is InChI=1S/C19H30N4O4S/c1-4-22(5-2)18(24)16-9-11-23(12-10-16)19(25)21-14-15-7-6-8-17(13-15)28(26,27)20-3/h6-8,13,16,20H,4-5,9-12,14H2,1-3H3,(H,21,25). The Kier molecular flexibility index (Phi) is 7.82. The van der Waals surface area contributed by atoms with Crippen molar-refractivity contribution in [3.8, 4) is 0 Å². The van der Waals surface area contributed by atoms with Crippen molar-refractivity contribution in [3.05, 3.63) is 29.8 Å². The van der Waals surface area contributed by atoms with Crippen molar-refractivity contribution in [1.82, 2.24) is 19.8 Å². The van der Waals surface area contributed by atoms with Gasteiger partial charge in [0, 0.05) is 38.6 Å². The Morgan fingerprint density at radius 2 is 1.82 bits per heavy atom. The number of piperidine rings is 1. The monoisotopic (exact) mass is 410 g/mol. The second-order valence-corrected chi connectivity index (χ2v) is 8.67. The number of nitrogens with zero attached hydrogens (tertiary/aromatic N) is 2. The third-order valence-electron chi connectivity index (χ3n) is 5.13. The summed E-state index contributed by atoms with van der Waals surface area (Å²) in [4.78, 5) is 28.6. The molecule has 0 radical (unpaired) electrons. The number of hydrogen-bond acceptors (Lipinski definition) is 4. The molecule has 0 saturated carbocycles. The van der Waals surface area contributed by atoms with Crippen molar-refractivity contribution in [2.75, 3.05) is 33.2 Å². The van der Waals surface area contributed by atoms with E-state index in [-0.39, 0.29) is 29.3 Å². The van der Waals surface area contributed by atoms with E-state index in [9.17, 15) is 18.0 Å². The van der Waals surface area contributed by atoms with Crippen molar-refractivity contribution in [2.45, 2.75) is 38.1 Å². The molecule has 0 unspecified atom stereocenters. The van der Waals surface area contributed by atoms with Gasteiger partial charge >= 0.3 is 6.03 Å². The van der Waals surface area contributed by atoms with Gasteiger partial charge in [-0.25, -0.2) is 17.9 Å². The van der Waals surface area contributed by atoms with E-state index in [1.165, 1.54) is 13.1 Å². The molecule has 9 heteroatoms. The van der Waals surface area contributed by atoms with E-state index in [1.54, 1.807) is 23.1 Å². The molecule has 0 aromatic heterocycles. The molecular weight excluding hydrogens is 380 g/mol. The minimum Gasteiger partial charge on any atom is -0.343 e. The summed E-state index contributed by atoms with van der Waals surface area (Å²) in [5.41, 5.74) is 0.705. The smallest absolute Gasteiger partial charge is 0.317 e. The van der Waals surface area contributed by atoms with E-state index in [4.69, 9.17) is 0 Å². The van der Waals surface area contributed by atoms with Crippen LogP contribution in [-0.2, 0) is 21.4 Å². The lowest BCUT2D eigenvalue weighted by atomic mass is 9.95. The predicted octanol–water partition coefficient (Wildman–Crippen LogP) is 1.38. The topological polar surface area (TPSA) is 98.8 Å². The van der Waals surface area contributed by atoms with Crippen molar-refractivity contribution in [1.29, 1.82) is 0 Å². The number of carbonyl (C=O) groups excluding carboxylic acids is 2. The molecule has 1 saturated heterocycles. The molecule has 1 fully saturated rings. The molecule has 28 heavy (non-hydrogen) atoms. The number of rotatable bonds is 7. The summed E-state index contributed by atoms with van der Waals surface area (Å²) >= 11 is 0. The normalized spacial score (nSPS) is 15.3. The number of likely N-dealkylation sites (tertiary alicyclic amines) is 1. The highest BCUT2D eigenvalue weighted by atomic mass is 32.2. The summed E-state index contributed by atoms with van der Waals surface area (Å²) in [6.45, 7) is 6.68. The molecule has 1 aromatic carbocycles. The minimum absolute atomic E-state index is 0.0209. The Labute approximate surface area is 167 Å². The van der Waals surface area contributed by atoms with Crippen molar-refractivity contribution in [2.24, 2.45) is 5.92 Å². The van der Waals surface area contributed by atoms with Crippen LogP contribution in [-0.4, -0.2) is 63.4 Å². The van der Waals surface area contributed by atoms with Crippen LogP contribution in [0.4, 0.5) is 4.79 Å². The van der Waals surface area contributed by atoms with Gasteiger partial charge < -0.3 is 15.1 Å². The number of amides is 3. The van der Waals surface area contributed by atoms with Crippen LogP contribution < -0.4 is 10.0 Å². The Bertz CT molecular complexity index is 785. The molecule has 1 aliphatic rings. The van der Waals surface area contributed by atoms with Crippen molar-refractivity contribution < 1.29 is 18.0 Å². The van der Waals surface area contributed by atoms with Crippen LogP contribution in [0.1, 0.15) is 32.3 Å². The number of nitrogens with one attached hydrogen (secondary N) is 2. The van der Waals surface area contributed by atoms with E-state index in [0.717, 1.165) is 0 Å². The predicted molar refractivity (Wildman–Crippen MR) is 107 cm³/mol. The minimum atomic E-state index is -3.51. The average Bonchev–Trinajstić information content (AvgIpc) is 2.73. The zero-order chi connectivity index (χ0) is 20.7. The zero-order valence-electron chi connectivity index (χ0n) is 16.8. The van der Waals surface area contributed by atoms with Gasteiger partial charge in [-0.1, -0.05) is 12.1 Å². The first-order valence-electron chi connectivity index (χ1n) is 9.66. The molecule has 2 rings (SSSR count). The summed E-state index contributed by atoms with van der Waals surface area (Å²) in [5.74, 6) is 0.153. The van der Waals surface area contributed by atoms with E-state index in [1.807, 2.05) is 18.7 Å². The van der Waals surface area contributed by atoms with Crippen LogP contribution in [0.2, 0.25) is 0 Å². The van der Waals surface area contributed by atoms with Gasteiger partial charge in [-0.05, 0) is 51.4 Å². The number of carbonyl (C=O) groups is 2. The maximum Gasteiger partial charge on any atom is 0.317 e. The second-order valence-electron chi connectivity index (χ2n) is 6.79. The van der Waals surface area contributed by atoms with Gasteiger partial charge in [0.2, 0.25) is 15.9 Å². The van der Waals surface area contributed by atoms with Gasteiger partial charge in [0.25, 0.3) is 0 Å². The first-order chi connectivity index (χ1) is 13.3. The fourth-order valence-electron chi connectivity index (χ4n) is 3.35. The van der Waals surface area contributed by atoms with Crippen molar-refractivity contribution >= 4 is 22.0 Å². The lowest BCUT2D eigenvalue weighted by molar-refractivity contribution is -0.136. The molecule has 3 amide bonds. The molecule has 0 atom stereocenters. The lowest BCUT2D eigenvalue weighted by Crippen LogP contribution is -2.47. The highest BCUT2D eigenvalue weighted by Crippen LogP contribution is 2.20. The van der Waals surface area contributed by atoms with E-state index < -0.39 is 10.0 Å². The Morgan fingerprint density at radius 3 is 2.39 bits per heavy atom. The van der Waals surface area contributed by atoms with Crippen LogP contribution in [0.5, 0.6) is 0 Å². The largest absolute Gasteiger partial charge is 0.343 e. The molecule has 0 spiro atoms. The fraction of sp³-hybridized carbons (Fsp3) is 0.579. The molecule has 0 bridgehead atoms. The number of urea groups is 1. The second kappa shape index (κ2) is 9.88.